The van der Waals surface area contributed by atoms with Crippen molar-refractivity contribution in [2.45, 2.75) is 31.3 Å². The summed E-state index contributed by atoms with van der Waals surface area (Å²) < 4.78 is 5.34. The smallest absolute Gasteiger partial charge is 0.258 e. The highest BCUT2D eigenvalue weighted by Crippen LogP contribution is 2.33. The fourth-order valence-electron chi connectivity index (χ4n) is 3.56. The van der Waals surface area contributed by atoms with Gasteiger partial charge in [0.05, 0.1) is 12.7 Å². The number of fused-ring (bicyclic) bond motifs is 2. The van der Waals surface area contributed by atoms with E-state index in [1.54, 1.807) is 25.3 Å². The Hall–Kier alpha value is -1.26. The first-order valence-corrected chi connectivity index (χ1v) is 7.82. The fourth-order valence-corrected chi connectivity index (χ4v) is 3.73. The van der Waals surface area contributed by atoms with Gasteiger partial charge in [0, 0.05) is 23.7 Å². The van der Waals surface area contributed by atoms with E-state index in [1.165, 1.54) is 0 Å². The van der Waals surface area contributed by atoms with E-state index in [0.717, 1.165) is 32.4 Å². The monoisotopic (exact) mass is 308 g/mol. The predicted octanol–water partition coefficient (Wildman–Crippen LogP) is 2.66. The maximum Gasteiger partial charge on any atom is 0.258 e. The number of carbonyl (C=O) groups excluding carboxylic acids is 1. The summed E-state index contributed by atoms with van der Waals surface area (Å²) in [5.41, 5.74) is 0.575. The second kappa shape index (κ2) is 5.85. The topological polar surface area (TPSA) is 32.8 Å². The van der Waals surface area contributed by atoms with Crippen LogP contribution in [0.2, 0.25) is 5.02 Å². The Morgan fingerprint density at radius 1 is 1.29 bits per heavy atom. The summed E-state index contributed by atoms with van der Waals surface area (Å²) in [5.74, 6) is 0.651. The molecule has 5 heteroatoms. The van der Waals surface area contributed by atoms with Crippen molar-refractivity contribution in [3.63, 3.8) is 0 Å². The largest absolute Gasteiger partial charge is 0.496 e. The molecule has 2 aliphatic rings. The van der Waals surface area contributed by atoms with E-state index < -0.39 is 0 Å². The highest BCUT2D eigenvalue weighted by molar-refractivity contribution is 6.31. The van der Waals surface area contributed by atoms with Crippen LogP contribution in [0.25, 0.3) is 0 Å². The molecule has 2 unspecified atom stereocenters. The molecule has 1 aromatic carbocycles. The molecule has 2 heterocycles. The van der Waals surface area contributed by atoms with Gasteiger partial charge < -0.3 is 14.5 Å². The maximum absolute atomic E-state index is 13.0. The summed E-state index contributed by atoms with van der Waals surface area (Å²) in [4.78, 5) is 17.4. The predicted molar refractivity (Wildman–Crippen MR) is 83.1 cm³/mol. The number of benzene rings is 1. The van der Waals surface area contributed by atoms with Gasteiger partial charge in [-0.05, 0) is 51.1 Å². The Morgan fingerprint density at radius 3 is 2.81 bits per heavy atom. The number of likely N-dealkylation sites (N-methyl/N-ethyl adjacent to an activating group) is 1. The van der Waals surface area contributed by atoms with Gasteiger partial charge in [0.1, 0.15) is 5.75 Å². The maximum atomic E-state index is 13.0. The molecular weight excluding hydrogens is 288 g/mol. The lowest BCUT2D eigenvalue weighted by atomic mass is 10.1. The lowest BCUT2D eigenvalue weighted by Crippen LogP contribution is -2.42. The van der Waals surface area contributed by atoms with Crippen molar-refractivity contribution in [2.24, 2.45) is 0 Å². The Morgan fingerprint density at radius 2 is 2.05 bits per heavy atom. The molecule has 0 spiro atoms. The minimum Gasteiger partial charge on any atom is -0.496 e. The van der Waals surface area contributed by atoms with Gasteiger partial charge in [0.15, 0.2) is 0 Å². The van der Waals surface area contributed by atoms with E-state index in [4.69, 9.17) is 16.3 Å². The molecule has 4 nitrogen and oxygen atoms in total. The van der Waals surface area contributed by atoms with E-state index in [2.05, 4.69) is 16.8 Å². The van der Waals surface area contributed by atoms with E-state index in [-0.39, 0.29) is 5.91 Å². The third-order valence-electron chi connectivity index (χ3n) is 4.61. The third kappa shape index (κ3) is 2.74. The number of amides is 1. The standard InChI is InChI=1S/C16H21ClN2O2/c1-18-8-7-12-4-5-13(10-18)19(12)16(20)14-9-11(17)3-6-15(14)21-2/h3,6,9,12-13H,4-5,7-8,10H2,1-2H3. The first-order chi connectivity index (χ1) is 10.1. The highest BCUT2D eigenvalue weighted by atomic mass is 35.5. The van der Waals surface area contributed by atoms with Crippen molar-refractivity contribution >= 4 is 17.5 Å². The number of hydrogen-bond acceptors (Lipinski definition) is 3. The molecule has 114 valence electrons. The van der Waals surface area contributed by atoms with Gasteiger partial charge in [0.25, 0.3) is 5.91 Å². The zero-order valence-electron chi connectivity index (χ0n) is 12.5. The molecule has 0 aliphatic carbocycles. The lowest BCUT2D eigenvalue weighted by molar-refractivity contribution is 0.0670. The molecule has 0 aromatic heterocycles. The molecule has 1 amide bonds. The van der Waals surface area contributed by atoms with Gasteiger partial charge in [-0.2, -0.15) is 0 Å². The SMILES string of the molecule is COc1ccc(Cl)cc1C(=O)N1C2CCC1CN(C)CC2. The second-order valence-electron chi connectivity index (χ2n) is 5.99. The van der Waals surface area contributed by atoms with Gasteiger partial charge in [-0.1, -0.05) is 11.6 Å². The zero-order valence-corrected chi connectivity index (χ0v) is 13.3. The number of ether oxygens (including phenoxy) is 1. The van der Waals surface area contributed by atoms with Gasteiger partial charge in [0.2, 0.25) is 0 Å². The third-order valence-corrected chi connectivity index (χ3v) is 4.85. The van der Waals surface area contributed by atoms with Crippen LogP contribution < -0.4 is 4.74 Å². The number of hydrogen-bond donors (Lipinski definition) is 0. The molecular formula is C16H21ClN2O2. The van der Waals surface area contributed by atoms with Crippen LogP contribution in [0.3, 0.4) is 0 Å². The number of carbonyl (C=O) groups is 1. The molecule has 2 bridgehead atoms. The zero-order chi connectivity index (χ0) is 15.0. The van der Waals surface area contributed by atoms with E-state index in [1.807, 2.05) is 0 Å². The molecule has 2 aliphatic heterocycles. The number of likely N-dealkylation sites (tertiary alicyclic amines) is 1. The summed E-state index contributed by atoms with van der Waals surface area (Å²) in [5, 5.41) is 0.568. The Balaban J connectivity index is 1.93. The van der Waals surface area contributed by atoms with Gasteiger partial charge in [-0.25, -0.2) is 0 Å². The van der Waals surface area contributed by atoms with Gasteiger partial charge in [-0.3, -0.25) is 4.79 Å². The molecule has 2 fully saturated rings. The molecule has 3 rings (SSSR count). The summed E-state index contributed by atoms with van der Waals surface area (Å²) in [6.07, 6.45) is 3.23. The molecule has 2 saturated heterocycles. The van der Waals surface area contributed by atoms with Gasteiger partial charge in [-0.15, -0.1) is 0 Å². The van der Waals surface area contributed by atoms with Crippen molar-refractivity contribution in [1.29, 1.82) is 0 Å². The minimum atomic E-state index is 0.0529. The van der Waals surface area contributed by atoms with E-state index >= 15 is 0 Å². The Labute approximate surface area is 130 Å². The fraction of sp³-hybridized carbons (Fsp3) is 0.562. The number of rotatable bonds is 2. The summed E-state index contributed by atoms with van der Waals surface area (Å²) in [6.45, 7) is 2.00. The van der Waals surface area contributed by atoms with Crippen molar-refractivity contribution < 1.29 is 9.53 Å². The second-order valence-corrected chi connectivity index (χ2v) is 6.43. The average molecular weight is 309 g/mol. The van der Waals surface area contributed by atoms with E-state index in [9.17, 15) is 4.79 Å². The van der Waals surface area contributed by atoms with Crippen LogP contribution in [-0.4, -0.2) is 55.0 Å². The van der Waals surface area contributed by atoms with Crippen molar-refractivity contribution in [3.05, 3.63) is 28.8 Å². The van der Waals surface area contributed by atoms with Crippen LogP contribution in [0.1, 0.15) is 29.6 Å². The van der Waals surface area contributed by atoms with Crippen LogP contribution in [0, 0.1) is 0 Å². The van der Waals surface area contributed by atoms with Crippen molar-refractivity contribution in [1.82, 2.24) is 9.80 Å². The summed E-state index contributed by atoms with van der Waals surface area (Å²) in [7, 11) is 3.72. The number of nitrogens with zero attached hydrogens (tertiary/aromatic N) is 2. The Kier molecular flexibility index (Phi) is 4.09. The van der Waals surface area contributed by atoms with Crippen molar-refractivity contribution in [2.75, 3.05) is 27.2 Å². The lowest BCUT2D eigenvalue weighted by Gasteiger charge is -2.29. The minimum absolute atomic E-state index is 0.0529. The average Bonchev–Trinajstić information content (AvgIpc) is 2.78. The van der Waals surface area contributed by atoms with Crippen LogP contribution in [0.5, 0.6) is 5.75 Å². The molecule has 21 heavy (non-hydrogen) atoms. The normalized spacial score (nSPS) is 25.8. The quantitative estimate of drug-likeness (QED) is 0.842. The van der Waals surface area contributed by atoms with Crippen LogP contribution in [-0.2, 0) is 0 Å². The Bertz CT molecular complexity index is 549. The highest BCUT2D eigenvalue weighted by Gasteiger charge is 2.40. The first-order valence-electron chi connectivity index (χ1n) is 7.45. The number of halogens is 1. The van der Waals surface area contributed by atoms with Crippen LogP contribution in [0.4, 0.5) is 0 Å². The summed E-state index contributed by atoms with van der Waals surface area (Å²) in [6, 6.07) is 5.88. The van der Waals surface area contributed by atoms with Crippen LogP contribution >= 0.6 is 11.6 Å². The van der Waals surface area contributed by atoms with Crippen molar-refractivity contribution in [3.8, 4) is 5.75 Å². The number of methoxy groups -OCH3 is 1. The first kappa shape index (κ1) is 14.7. The molecule has 0 N–H and O–H groups in total. The summed E-state index contributed by atoms with van der Waals surface area (Å²) >= 11 is 6.07. The van der Waals surface area contributed by atoms with Gasteiger partial charge >= 0.3 is 0 Å². The molecule has 0 radical (unpaired) electrons. The van der Waals surface area contributed by atoms with E-state index in [0.29, 0.717) is 28.4 Å². The molecule has 1 aromatic rings. The van der Waals surface area contributed by atoms with Crippen LogP contribution in [0.15, 0.2) is 18.2 Å². The molecule has 2 atom stereocenters. The molecule has 0 saturated carbocycles.